The van der Waals surface area contributed by atoms with E-state index in [1.807, 2.05) is 6.07 Å². The van der Waals surface area contributed by atoms with Crippen LogP contribution in [0.15, 0.2) is 36.8 Å². The summed E-state index contributed by atoms with van der Waals surface area (Å²) in [5.41, 5.74) is 2.60. The Bertz CT molecular complexity index is 935. The van der Waals surface area contributed by atoms with Gasteiger partial charge in [-0.05, 0) is 37.6 Å². The number of fused-ring (bicyclic) bond motifs is 2. The minimum absolute atomic E-state index is 0.345. The fourth-order valence-electron chi connectivity index (χ4n) is 2.99. The van der Waals surface area contributed by atoms with Crippen LogP contribution in [-0.2, 0) is 13.0 Å². The van der Waals surface area contributed by atoms with Gasteiger partial charge in [-0.3, -0.25) is 4.57 Å². The van der Waals surface area contributed by atoms with Gasteiger partial charge < -0.3 is 15.2 Å². The average molecular weight is 324 g/mol. The lowest BCUT2D eigenvalue weighted by Crippen LogP contribution is -2.33. The van der Waals surface area contributed by atoms with Gasteiger partial charge in [0, 0.05) is 29.7 Å². The SMILES string of the molecule is C[C@H]1Cc2c(ncnc2Oc2ccc3c(ccn3C(=O)O)c2)CN1. The largest absolute Gasteiger partial charge is 0.464 e. The number of hydrogen-bond donors (Lipinski definition) is 2. The van der Waals surface area contributed by atoms with Crippen LogP contribution in [0.2, 0.25) is 0 Å². The first-order valence-electron chi connectivity index (χ1n) is 7.70. The molecule has 0 unspecified atom stereocenters. The zero-order chi connectivity index (χ0) is 16.7. The minimum atomic E-state index is -1.01. The van der Waals surface area contributed by atoms with Crippen LogP contribution >= 0.6 is 0 Å². The van der Waals surface area contributed by atoms with Gasteiger partial charge in [0.25, 0.3) is 0 Å². The summed E-state index contributed by atoms with van der Waals surface area (Å²) in [5, 5.41) is 13.3. The minimum Gasteiger partial charge on any atom is -0.464 e. The Hall–Kier alpha value is -2.93. The maximum absolute atomic E-state index is 11.2. The van der Waals surface area contributed by atoms with Crippen LogP contribution in [0, 0.1) is 0 Å². The van der Waals surface area contributed by atoms with Crippen molar-refractivity contribution in [2.45, 2.75) is 25.9 Å². The Balaban J connectivity index is 1.69. The molecule has 0 spiro atoms. The van der Waals surface area contributed by atoms with Crippen molar-refractivity contribution in [1.29, 1.82) is 0 Å². The molecule has 1 aliphatic heterocycles. The topological polar surface area (TPSA) is 89.3 Å². The second-order valence-corrected chi connectivity index (χ2v) is 5.88. The molecule has 2 N–H and O–H groups in total. The van der Waals surface area contributed by atoms with Crippen LogP contribution in [0.3, 0.4) is 0 Å². The lowest BCUT2D eigenvalue weighted by molar-refractivity contribution is 0.197. The Morgan fingerprint density at radius 3 is 3.08 bits per heavy atom. The number of carbonyl (C=O) groups is 1. The number of aromatic nitrogens is 3. The summed E-state index contributed by atoms with van der Waals surface area (Å²) in [6.07, 6.45) is 2.83. The van der Waals surface area contributed by atoms with Gasteiger partial charge >= 0.3 is 6.09 Å². The maximum Gasteiger partial charge on any atom is 0.415 e. The van der Waals surface area contributed by atoms with Crippen LogP contribution < -0.4 is 10.1 Å². The molecule has 0 amide bonds. The predicted octanol–water partition coefficient (Wildman–Crippen LogP) is 2.78. The monoisotopic (exact) mass is 324 g/mol. The normalized spacial score (nSPS) is 16.8. The van der Waals surface area contributed by atoms with Crippen LogP contribution in [0.1, 0.15) is 18.2 Å². The molecule has 122 valence electrons. The number of carboxylic acid groups (broad SMARTS) is 1. The van der Waals surface area contributed by atoms with E-state index in [9.17, 15) is 4.79 Å². The van der Waals surface area contributed by atoms with Crippen molar-refractivity contribution in [3.8, 4) is 11.6 Å². The molecular formula is C17H16N4O3. The van der Waals surface area contributed by atoms with Gasteiger partial charge in [-0.15, -0.1) is 0 Å². The van der Waals surface area contributed by atoms with E-state index in [0.717, 1.165) is 23.1 Å². The number of hydrogen-bond acceptors (Lipinski definition) is 5. The first-order valence-corrected chi connectivity index (χ1v) is 7.70. The first kappa shape index (κ1) is 14.6. The van der Waals surface area contributed by atoms with Crippen molar-refractivity contribution in [1.82, 2.24) is 19.9 Å². The fourth-order valence-corrected chi connectivity index (χ4v) is 2.99. The van der Waals surface area contributed by atoms with Crippen LogP contribution in [0.4, 0.5) is 4.79 Å². The number of nitrogens with one attached hydrogen (secondary N) is 1. The Kier molecular flexibility index (Phi) is 3.42. The molecule has 2 aromatic heterocycles. The molecule has 0 saturated carbocycles. The highest BCUT2D eigenvalue weighted by Gasteiger charge is 2.21. The standard InChI is InChI=1S/C17H16N4O3/c1-10-6-13-14(8-18-10)19-9-20-16(13)24-12-2-3-15-11(7-12)4-5-21(15)17(22)23/h2-5,7,9-10,18H,6,8H2,1H3,(H,22,23)/t10-/m0/s1. The van der Waals surface area contributed by atoms with Gasteiger partial charge in [-0.2, -0.15) is 0 Å². The quantitative estimate of drug-likeness (QED) is 0.753. The van der Waals surface area contributed by atoms with E-state index in [1.54, 1.807) is 18.2 Å². The maximum atomic E-state index is 11.2. The molecular weight excluding hydrogens is 308 g/mol. The molecule has 1 aromatic carbocycles. The lowest BCUT2D eigenvalue weighted by atomic mass is 10.0. The van der Waals surface area contributed by atoms with Gasteiger partial charge in [-0.1, -0.05) is 0 Å². The van der Waals surface area contributed by atoms with Crippen molar-refractivity contribution in [3.05, 3.63) is 48.0 Å². The van der Waals surface area contributed by atoms with Gasteiger partial charge in [0.2, 0.25) is 5.88 Å². The van der Waals surface area contributed by atoms with Gasteiger partial charge in [0.05, 0.1) is 11.2 Å². The van der Waals surface area contributed by atoms with E-state index in [1.165, 1.54) is 17.1 Å². The zero-order valence-electron chi connectivity index (χ0n) is 13.1. The Morgan fingerprint density at radius 1 is 1.38 bits per heavy atom. The molecule has 1 aliphatic rings. The highest BCUT2D eigenvalue weighted by molar-refractivity contribution is 5.89. The molecule has 0 bridgehead atoms. The molecule has 4 rings (SSSR count). The number of ether oxygens (including phenoxy) is 1. The first-order chi connectivity index (χ1) is 11.6. The number of rotatable bonds is 2. The van der Waals surface area contributed by atoms with E-state index in [-0.39, 0.29) is 0 Å². The average Bonchev–Trinajstić information content (AvgIpc) is 2.99. The zero-order valence-corrected chi connectivity index (χ0v) is 13.1. The van der Waals surface area contributed by atoms with Crippen molar-refractivity contribution in [3.63, 3.8) is 0 Å². The molecule has 0 saturated heterocycles. The van der Waals surface area contributed by atoms with Crippen LogP contribution in [-0.4, -0.2) is 31.8 Å². The molecule has 7 heteroatoms. The molecule has 3 aromatic rings. The van der Waals surface area contributed by atoms with E-state index in [0.29, 0.717) is 29.7 Å². The van der Waals surface area contributed by atoms with E-state index in [2.05, 4.69) is 22.2 Å². The molecule has 0 radical (unpaired) electrons. The third-order valence-corrected chi connectivity index (χ3v) is 4.21. The van der Waals surface area contributed by atoms with Gasteiger partial charge in [0.1, 0.15) is 12.1 Å². The van der Waals surface area contributed by atoms with Crippen molar-refractivity contribution >= 4 is 17.0 Å². The highest BCUT2D eigenvalue weighted by atomic mass is 16.5. The van der Waals surface area contributed by atoms with Gasteiger partial charge in [-0.25, -0.2) is 14.8 Å². The molecule has 0 aliphatic carbocycles. The van der Waals surface area contributed by atoms with E-state index >= 15 is 0 Å². The summed E-state index contributed by atoms with van der Waals surface area (Å²) < 4.78 is 7.15. The number of nitrogens with zero attached hydrogens (tertiary/aromatic N) is 3. The Morgan fingerprint density at radius 2 is 2.25 bits per heavy atom. The molecule has 24 heavy (non-hydrogen) atoms. The van der Waals surface area contributed by atoms with Crippen molar-refractivity contribution in [2.75, 3.05) is 0 Å². The summed E-state index contributed by atoms with van der Waals surface area (Å²) in [7, 11) is 0. The summed E-state index contributed by atoms with van der Waals surface area (Å²) in [4.78, 5) is 19.7. The third-order valence-electron chi connectivity index (χ3n) is 4.21. The van der Waals surface area contributed by atoms with Crippen LogP contribution in [0.25, 0.3) is 10.9 Å². The molecule has 7 nitrogen and oxygen atoms in total. The summed E-state index contributed by atoms with van der Waals surface area (Å²) in [6.45, 7) is 2.82. The predicted molar refractivity (Wildman–Crippen MR) is 87.5 cm³/mol. The second-order valence-electron chi connectivity index (χ2n) is 5.88. The van der Waals surface area contributed by atoms with Crippen molar-refractivity contribution < 1.29 is 14.6 Å². The molecule has 1 atom stereocenters. The lowest BCUT2D eigenvalue weighted by Gasteiger charge is -2.23. The second kappa shape index (κ2) is 5.61. The van der Waals surface area contributed by atoms with E-state index in [4.69, 9.17) is 9.84 Å². The summed E-state index contributed by atoms with van der Waals surface area (Å²) in [6, 6.07) is 7.39. The molecule has 3 heterocycles. The molecule has 0 fully saturated rings. The fraction of sp³-hybridized carbons (Fsp3) is 0.235. The van der Waals surface area contributed by atoms with Crippen molar-refractivity contribution in [2.24, 2.45) is 0 Å². The van der Waals surface area contributed by atoms with Crippen LogP contribution in [0.5, 0.6) is 11.6 Å². The highest BCUT2D eigenvalue weighted by Crippen LogP contribution is 2.29. The third kappa shape index (κ3) is 2.48. The smallest absolute Gasteiger partial charge is 0.415 e. The summed E-state index contributed by atoms with van der Waals surface area (Å²) in [5.74, 6) is 1.18. The van der Waals surface area contributed by atoms with E-state index < -0.39 is 6.09 Å². The Labute approximate surface area is 137 Å². The van der Waals surface area contributed by atoms with Gasteiger partial charge in [0.15, 0.2) is 0 Å². The summed E-state index contributed by atoms with van der Waals surface area (Å²) >= 11 is 0. The number of benzene rings is 1.